The molecule has 1 N–H and O–H groups in total. The molecule has 1 saturated heterocycles. The number of hydrogen-bond donors (Lipinski definition) is 1. The Hall–Kier alpha value is -2.25. The summed E-state index contributed by atoms with van der Waals surface area (Å²) in [6.07, 6.45) is 2.82. The number of carbonyl (C=O) groups excluding carboxylic acids is 1. The Kier molecular flexibility index (Phi) is 6.23. The molecule has 0 atom stereocenters. The van der Waals surface area contributed by atoms with E-state index in [0.717, 1.165) is 24.8 Å². The minimum Gasteiger partial charge on any atom is -0.352 e. The molecular formula is C20H23FN2O3S. The minimum atomic E-state index is -3.45. The molecule has 2 aromatic rings. The molecule has 0 radical (unpaired) electrons. The number of carbonyl (C=O) groups is 1. The number of nitrogens with zero attached hydrogens (tertiary/aromatic N) is 1. The van der Waals surface area contributed by atoms with Crippen molar-refractivity contribution < 1.29 is 17.6 Å². The molecule has 1 amide bonds. The SMILES string of the molecule is O=C(Cc1ccccc1F)NCc1ccc(S(=O)(=O)N2CCCCC2)cc1. The van der Waals surface area contributed by atoms with Crippen molar-refractivity contribution in [3.8, 4) is 0 Å². The Bertz CT molecular complexity index is 892. The van der Waals surface area contributed by atoms with Gasteiger partial charge in [-0.2, -0.15) is 4.31 Å². The highest BCUT2D eigenvalue weighted by Gasteiger charge is 2.25. The Labute approximate surface area is 159 Å². The lowest BCUT2D eigenvalue weighted by Crippen LogP contribution is -2.35. The number of piperidine rings is 1. The zero-order chi connectivity index (χ0) is 19.3. The Morgan fingerprint density at radius 2 is 1.67 bits per heavy atom. The monoisotopic (exact) mass is 390 g/mol. The quantitative estimate of drug-likeness (QED) is 0.825. The lowest BCUT2D eigenvalue weighted by Gasteiger charge is -2.25. The van der Waals surface area contributed by atoms with Crippen LogP contribution in [0.25, 0.3) is 0 Å². The summed E-state index contributed by atoms with van der Waals surface area (Å²) in [5.74, 6) is -0.690. The van der Waals surface area contributed by atoms with Gasteiger partial charge in [-0.25, -0.2) is 12.8 Å². The first-order chi connectivity index (χ1) is 13.0. The molecule has 1 aliphatic heterocycles. The number of nitrogens with one attached hydrogen (secondary N) is 1. The fourth-order valence-corrected chi connectivity index (χ4v) is 4.63. The summed E-state index contributed by atoms with van der Waals surface area (Å²) in [6.45, 7) is 1.39. The molecule has 144 valence electrons. The molecule has 7 heteroatoms. The van der Waals surface area contributed by atoms with Crippen molar-refractivity contribution >= 4 is 15.9 Å². The second-order valence-corrected chi connectivity index (χ2v) is 8.59. The summed E-state index contributed by atoms with van der Waals surface area (Å²) in [6, 6.07) is 12.7. The number of hydrogen-bond acceptors (Lipinski definition) is 3. The summed E-state index contributed by atoms with van der Waals surface area (Å²) < 4.78 is 40.4. The van der Waals surface area contributed by atoms with Crippen molar-refractivity contribution in [2.45, 2.75) is 37.1 Å². The van der Waals surface area contributed by atoms with E-state index in [-0.39, 0.29) is 23.8 Å². The molecule has 2 aromatic carbocycles. The average Bonchev–Trinajstić information content (AvgIpc) is 2.69. The van der Waals surface area contributed by atoms with Crippen LogP contribution in [0.2, 0.25) is 0 Å². The van der Waals surface area contributed by atoms with Crippen LogP contribution in [-0.4, -0.2) is 31.7 Å². The van der Waals surface area contributed by atoms with Gasteiger partial charge in [0, 0.05) is 19.6 Å². The van der Waals surface area contributed by atoms with E-state index in [1.807, 2.05) is 0 Å². The molecule has 1 heterocycles. The summed E-state index contributed by atoms with van der Waals surface area (Å²) in [5, 5.41) is 2.73. The largest absolute Gasteiger partial charge is 0.352 e. The van der Waals surface area contributed by atoms with Gasteiger partial charge in [-0.05, 0) is 42.2 Å². The van der Waals surface area contributed by atoms with Crippen molar-refractivity contribution in [2.75, 3.05) is 13.1 Å². The lowest BCUT2D eigenvalue weighted by molar-refractivity contribution is -0.120. The molecule has 1 fully saturated rings. The summed E-state index contributed by atoms with van der Waals surface area (Å²) in [7, 11) is -3.45. The first-order valence-electron chi connectivity index (χ1n) is 9.06. The Morgan fingerprint density at radius 1 is 1.00 bits per heavy atom. The molecule has 0 aromatic heterocycles. The Morgan fingerprint density at radius 3 is 2.33 bits per heavy atom. The van der Waals surface area contributed by atoms with Gasteiger partial charge in [0.1, 0.15) is 5.82 Å². The number of amides is 1. The predicted molar refractivity (Wildman–Crippen MR) is 101 cm³/mol. The van der Waals surface area contributed by atoms with Crippen LogP contribution >= 0.6 is 0 Å². The van der Waals surface area contributed by atoms with E-state index in [2.05, 4.69) is 5.32 Å². The molecule has 0 spiro atoms. The van der Waals surface area contributed by atoms with Gasteiger partial charge in [0.05, 0.1) is 11.3 Å². The molecule has 27 heavy (non-hydrogen) atoms. The maximum Gasteiger partial charge on any atom is 0.243 e. The third-order valence-electron chi connectivity index (χ3n) is 4.67. The molecule has 0 saturated carbocycles. The number of sulfonamides is 1. The molecule has 1 aliphatic rings. The third kappa shape index (κ3) is 4.93. The van der Waals surface area contributed by atoms with Crippen LogP contribution in [0.3, 0.4) is 0 Å². The highest BCUT2D eigenvalue weighted by Crippen LogP contribution is 2.20. The van der Waals surface area contributed by atoms with Gasteiger partial charge in [0.15, 0.2) is 0 Å². The highest BCUT2D eigenvalue weighted by molar-refractivity contribution is 7.89. The van der Waals surface area contributed by atoms with E-state index in [9.17, 15) is 17.6 Å². The first-order valence-corrected chi connectivity index (χ1v) is 10.5. The third-order valence-corrected chi connectivity index (χ3v) is 6.59. The van der Waals surface area contributed by atoms with Crippen LogP contribution in [0.4, 0.5) is 4.39 Å². The van der Waals surface area contributed by atoms with Gasteiger partial charge in [-0.3, -0.25) is 4.79 Å². The van der Waals surface area contributed by atoms with E-state index in [4.69, 9.17) is 0 Å². The zero-order valence-electron chi connectivity index (χ0n) is 15.0. The zero-order valence-corrected chi connectivity index (χ0v) is 15.8. The van der Waals surface area contributed by atoms with Crippen LogP contribution in [0, 0.1) is 5.82 Å². The maximum absolute atomic E-state index is 13.6. The second-order valence-electron chi connectivity index (χ2n) is 6.65. The van der Waals surface area contributed by atoms with E-state index in [1.54, 1.807) is 42.5 Å². The van der Waals surface area contributed by atoms with E-state index in [0.29, 0.717) is 18.7 Å². The van der Waals surface area contributed by atoms with Crippen LogP contribution < -0.4 is 5.32 Å². The smallest absolute Gasteiger partial charge is 0.243 e. The fourth-order valence-electron chi connectivity index (χ4n) is 3.11. The van der Waals surface area contributed by atoms with E-state index < -0.39 is 15.8 Å². The van der Waals surface area contributed by atoms with E-state index >= 15 is 0 Å². The summed E-state index contributed by atoms with van der Waals surface area (Å²) in [4.78, 5) is 12.3. The van der Waals surface area contributed by atoms with Crippen LogP contribution in [0.5, 0.6) is 0 Å². The van der Waals surface area contributed by atoms with Gasteiger partial charge < -0.3 is 5.32 Å². The summed E-state index contributed by atoms with van der Waals surface area (Å²) in [5.41, 5.74) is 1.13. The van der Waals surface area contributed by atoms with Crippen molar-refractivity contribution in [2.24, 2.45) is 0 Å². The van der Waals surface area contributed by atoms with Crippen LogP contribution in [-0.2, 0) is 27.8 Å². The minimum absolute atomic E-state index is 0.0336. The molecule has 0 unspecified atom stereocenters. The average molecular weight is 390 g/mol. The van der Waals surface area contributed by atoms with Gasteiger partial charge in [-0.15, -0.1) is 0 Å². The van der Waals surface area contributed by atoms with Gasteiger partial charge in [-0.1, -0.05) is 36.8 Å². The van der Waals surface area contributed by atoms with Crippen molar-refractivity contribution in [3.05, 3.63) is 65.5 Å². The van der Waals surface area contributed by atoms with Crippen LogP contribution in [0.1, 0.15) is 30.4 Å². The van der Waals surface area contributed by atoms with Crippen molar-refractivity contribution in [1.82, 2.24) is 9.62 Å². The second kappa shape index (κ2) is 8.63. The number of rotatable bonds is 6. The first kappa shape index (κ1) is 19.5. The van der Waals surface area contributed by atoms with Crippen molar-refractivity contribution in [3.63, 3.8) is 0 Å². The van der Waals surface area contributed by atoms with Crippen LogP contribution in [0.15, 0.2) is 53.4 Å². The maximum atomic E-state index is 13.6. The van der Waals surface area contributed by atoms with Crippen molar-refractivity contribution in [1.29, 1.82) is 0 Å². The molecule has 0 aliphatic carbocycles. The fraction of sp³-hybridized carbons (Fsp3) is 0.350. The molecule has 0 bridgehead atoms. The number of halogens is 1. The predicted octanol–water partition coefficient (Wildman–Crippen LogP) is 2.86. The van der Waals surface area contributed by atoms with Gasteiger partial charge >= 0.3 is 0 Å². The highest BCUT2D eigenvalue weighted by atomic mass is 32.2. The molecular weight excluding hydrogens is 367 g/mol. The Balaban J connectivity index is 1.57. The van der Waals surface area contributed by atoms with Gasteiger partial charge in [0.25, 0.3) is 0 Å². The van der Waals surface area contributed by atoms with E-state index in [1.165, 1.54) is 10.4 Å². The lowest BCUT2D eigenvalue weighted by atomic mass is 10.1. The number of benzene rings is 2. The molecule has 5 nitrogen and oxygen atoms in total. The normalized spacial score (nSPS) is 15.4. The van der Waals surface area contributed by atoms with Gasteiger partial charge in [0.2, 0.25) is 15.9 Å². The molecule has 3 rings (SSSR count). The topological polar surface area (TPSA) is 66.5 Å². The summed E-state index contributed by atoms with van der Waals surface area (Å²) >= 11 is 0. The standard InChI is InChI=1S/C20H23FN2O3S/c21-19-7-3-2-6-17(19)14-20(24)22-15-16-8-10-18(11-9-16)27(25,26)23-12-4-1-5-13-23/h2-3,6-11H,1,4-5,12-15H2,(H,22,24).